The first-order valence-electron chi connectivity index (χ1n) is 10.9. The molecule has 32 heavy (non-hydrogen) atoms. The number of amides is 2. The monoisotopic (exact) mass is 438 g/mol. The quantitative estimate of drug-likeness (QED) is 0.505. The van der Waals surface area contributed by atoms with Crippen molar-refractivity contribution in [3.8, 4) is 11.5 Å². The van der Waals surface area contributed by atoms with Crippen LogP contribution in [0.1, 0.15) is 42.1 Å². The number of ether oxygens (including phenoxy) is 2. The predicted molar refractivity (Wildman–Crippen MR) is 121 cm³/mol. The lowest BCUT2D eigenvalue weighted by Gasteiger charge is -2.32. The molecule has 0 saturated carbocycles. The van der Waals surface area contributed by atoms with Crippen molar-refractivity contribution in [2.75, 3.05) is 26.7 Å². The van der Waals surface area contributed by atoms with Crippen LogP contribution in [0.3, 0.4) is 0 Å². The molecule has 1 saturated heterocycles. The molecule has 0 radical (unpaired) electrons. The third-order valence-corrected chi connectivity index (χ3v) is 5.61. The van der Waals surface area contributed by atoms with Gasteiger partial charge in [-0.05, 0) is 61.1 Å². The molecule has 1 aliphatic heterocycles. The molecule has 0 aromatic heterocycles. The molecule has 2 aromatic rings. The molecule has 7 nitrogen and oxygen atoms in total. The van der Waals surface area contributed by atoms with Crippen LogP contribution in [0.15, 0.2) is 48.5 Å². The highest BCUT2D eigenvalue weighted by Crippen LogP contribution is 2.21. The number of carbonyl (C=O) groups excluding carboxylic acids is 3. The number of methoxy groups -OCH3 is 1. The summed E-state index contributed by atoms with van der Waals surface area (Å²) in [6.07, 6.45) is 2.78. The molecule has 0 aliphatic carbocycles. The molecule has 1 fully saturated rings. The number of nitrogens with zero attached hydrogens (tertiary/aromatic N) is 1. The number of hydrogen-bond donors (Lipinski definition) is 1. The fourth-order valence-electron chi connectivity index (χ4n) is 3.81. The van der Waals surface area contributed by atoms with Gasteiger partial charge in [0.05, 0.1) is 7.11 Å². The number of piperidine rings is 1. The first-order chi connectivity index (χ1) is 15.4. The van der Waals surface area contributed by atoms with Gasteiger partial charge in [-0.15, -0.1) is 0 Å². The summed E-state index contributed by atoms with van der Waals surface area (Å²) in [7, 11) is 1.63. The number of benzene rings is 2. The lowest BCUT2D eigenvalue weighted by Crippen LogP contribution is -2.41. The lowest BCUT2D eigenvalue weighted by molar-refractivity contribution is -0.131. The van der Waals surface area contributed by atoms with E-state index in [4.69, 9.17) is 9.47 Å². The zero-order valence-electron chi connectivity index (χ0n) is 18.6. The number of esters is 1. The van der Waals surface area contributed by atoms with E-state index in [0.717, 1.165) is 24.2 Å². The van der Waals surface area contributed by atoms with Crippen LogP contribution in [0, 0.1) is 5.92 Å². The van der Waals surface area contributed by atoms with Gasteiger partial charge in [0.15, 0.2) is 0 Å². The summed E-state index contributed by atoms with van der Waals surface area (Å²) in [6.45, 7) is 3.24. The highest BCUT2D eigenvalue weighted by atomic mass is 16.5. The number of hydrogen-bond acceptors (Lipinski definition) is 5. The van der Waals surface area contributed by atoms with Crippen molar-refractivity contribution in [2.45, 2.75) is 32.6 Å². The number of likely N-dealkylation sites (tertiary alicyclic amines) is 1. The maximum absolute atomic E-state index is 12.8. The van der Waals surface area contributed by atoms with Gasteiger partial charge in [-0.25, -0.2) is 0 Å². The van der Waals surface area contributed by atoms with Crippen molar-refractivity contribution in [3.63, 3.8) is 0 Å². The first-order valence-corrected chi connectivity index (χ1v) is 10.9. The van der Waals surface area contributed by atoms with Crippen LogP contribution >= 0.6 is 0 Å². The van der Waals surface area contributed by atoms with Crippen molar-refractivity contribution in [3.05, 3.63) is 59.7 Å². The molecule has 7 heteroatoms. The summed E-state index contributed by atoms with van der Waals surface area (Å²) in [5, 5.41) is 3.03. The number of nitrogens with one attached hydrogen (secondary N) is 1. The van der Waals surface area contributed by atoms with Gasteiger partial charge in [0.25, 0.3) is 5.91 Å². The molecule has 1 N–H and O–H groups in total. The smallest absolute Gasteiger partial charge is 0.308 e. The highest BCUT2D eigenvalue weighted by Gasteiger charge is 2.24. The Labute approximate surface area is 188 Å². The number of carbonyl (C=O) groups is 3. The van der Waals surface area contributed by atoms with E-state index in [-0.39, 0.29) is 11.8 Å². The third-order valence-electron chi connectivity index (χ3n) is 5.61. The topological polar surface area (TPSA) is 84.9 Å². The Morgan fingerprint density at radius 1 is 1.03 bits per heavy atom. The van der Waals surface area contributed by atoms with E-state index in [9.17, 15) is 14.4 Å². The van der Waals surface area contributed by atoms with E-state index >= 15 is 0 Å². The average Bonchev–Trinajstić information content (AvgIpc) is 2.81. The minimum atomic E-state index is -0.416. The fraction of sp³-hybridized carbons (Fsp3) is 0.400. The summed E-state index contributed by atoms with van der Waals surface area (Å²) in [5.41, 5.74) is 1.58. The molecule has 1 heterocycles. The Bertz CT molecular complexity index is 951. The lowest BCUT2D eigenvalue weighted by atomic mass is 9.96. The molecule has 2 amide bonds. The molecule has 0 bridgehead atoms. The van der Waals surface area contributed by atoms with Gasteiger partial charge in [0.2, 0.25) is 5.91 Å². The molecular weight excluding hydrogens is 408 g/mol. The van der Waals surface area contributed by atoms with Crippen LogP contribution in [-0.2, 0) is 16.0 Å². The van der Waals surface area contributed by atoms with E-state index in [1.54, 1.807) is 31.4 Å². The van der Waals surface area contributed by atoms with E-state index in [1.165, 1.54) is 6.92 Å². The van der Waals surface area contributed by atoms with Crippen LogP contribution in [0.25, 0.3) is 0 Å². The van der Waals surface area contributed by atoms with Crippen LogP contribution in [0.2, 0.25) is 0 Å². The van der Waals surface area contributed by atoms with E-state index in [1.807, 2.05) is 29.2 Å². The van der Waals surface area contributed by atoms with Gasteiger partial charge in [0, 0.05) is 38.5 Å². The molecule has 0 unspecified atom stereocenters. The standard InChI is InChI=1S/C25H30N2O5/c1-18(28)32-23-8-4-6-21(16-23)25(30)27-13-11-20(12-14-27)17-26-24(29)10-9-19-5-3-7-22(15-19)31-2/h3-8,15-16,20H,9-14,17H2,1-2H3,(H,26,29). The van der Waals surface area contributed by atoms with Gasteiger partial charge in [-0.3, -0.25) is 14.4 Å². The maximum Gasteiger partial charge on any atom is 0.308 e. The summed E-state index contributed by atoms with van der Waals surface area (Å²) in [4.78, 5) is 38.0. The minimum absolute atomic E-state index is 0.0358. The summed E-state index contributed by atoms with van der Waals surface area (Å²) in [6, 6.07) is 14.4. The fourth-order valence-corrected chi connectivity index (χ4v) is 3.81. The molecule has 3 rings (SSSR count). The van der Waals surface area contributed by atoms with E-state index < -0.39 is 5.97 Å². The van der Waals surface area contributed by atoms with E-state index in [2.05, 4.69) is 5.32 Å². The Kier molecular flexibility index (Phi) is 8.25. The normalized spacial score (nSPS) is 14.0. The van der Waals surface area contributed by atoms with Crippen LogP contribution in [0.5, 0.6) is 11.5 Å². The van der Waals surface area contributed by atoms with Crippen LogP contribution in [0.4, 0.5) is 0 Å². The van der Waals surface area contributed by atoms with Crippen LogP contribution < -0.4 is 14.8 Å². The van der Waals surface area contributed by atoms with Crippen molar-refractivity contribution < 1.29 is 23.9 Å². The average molecular weight is 439 g/mol. The van der Waals surface area contributed by atoms with Gasteiger partial charge in [-0.1, -0.05) is 18.2 Å². The largest absolute Gasteiger partial charge is 0.497 e. The highest BCUT2D eigenvalue weighted by molar-refractivity contribution is 5.94. The second-order valence-electron chi connectivity index (χ2n) is 8.01. The second kappa shape index (κ2) is 11.3. The maximum atomic E-state index is 12.8. The Morgan fingerprint density at radius 2 is 1.75 bits per heavy atom. The van der Waals surface area contributed by atoms with E-state index in [0.29, 0.717) is 49.7 Å². The first kappa shape index (κ1) is 23.3. The van der Waals surface area contributed by atoms with Crippen molar-refractivity contribution in [1.29, 1.82) is 0 Å². The van der Waals surface area contributed by atoms with Gasteiger partial charge < -0.3 is 19.7 Å². The molecule has 170 valence electrons. The molecule has 1 aliphatic rings. The summed E-state index contributed by atoms with van der Waals surface area (Å²) < 4.78 is 10.3. The van der Waals surface area contributed by atoms with Gasteiger partial charge in [-0.2, -0.15) is 0 Å². The SMILES string of the molecule is COc1cccc(CCC(=O)NCC2CCN(C(=O)c3cccc(OC(C)=O)c3)CC2)c1. The number of rotatable bonds is 8. The Hall–Kier alpha value is -3.35. The molecular formula is C25H30N2O5. The second-order valence-corrected chi connectivity index (χ2v) is 8.01. The minimum Gasteiger partial charge on any atom is -0.497 e. The van der Waals surface area contributed by atoms with Gasteiger partial charge in [0.1, 0.15) is 11.5 Å². The Morgan fingerprint density at radius 3 is 2.47 bits per heavy atom. The summed E-state index contributed by atoms with van der Waals surface area (Å²) >= 11 is 0. The Balaban J connectivity index is 1.40. The van der Waals surface area contributed by atoms with Crippen molar-refractivity contribution in [2.24, 2.45) is 5.92 Å². The van der Waals surface area contributed by atoms with Crippen molar-refractivity contribution >= 4 is 17.8 Å². The summed E-state index contributed by atoms with van der Waals surface area (Å²) in [5.74, 6) is 1.07. The molecule has 0 atom stereocenters. The zero-order valence-corrected chi connectivity index (χ0v) is 18.6. The van der Waals surface area contributed by atoms with Gasteiger partial charge >= 0.3 is 5.97 Å². The number of aryl methyl sites for hydroxylation is 1. The molecule has 0 spiro atoms. The molecule has 2 aromatic carbocycles. The van der Waals surface area contributed by atoms with Crippen molar-refractivity contribution in [1.82, 2.24) is 10.2 Å². The van der Waals surface area contributed by atoms with Crippen LogP contribution in [-0.4, -0.2) is 49.4 Å². The zero-order chi connectivity index (χ0) is 22.9. The predicted octanol–water partition coefficient (Wildman–Crippen LogP) is 3.22. The third kappa shape index (κ3) is 6.83.